The second kappa shape index (κ2) is 15.2. The summed E-state index contributed by atoms with van der Waals surface area (Å²) in [6, 6.07) is 21.2. The Balaban J connectivity index is 1.32. The molecular weight excluding hydrogens is 552 g/mol. The van der Waals surface area contributed by atoms with Crippen LogP contribution < -0.4 is 10.1 Å². The largest absolute Gasteiger partial charge is 0.494 e. The van der Waals surface area contributed by atoms with Gasteiger partial charge in [0.1, 0.15) is 17.5 Å². The lowest BCUT2D eigenvalue weighted by molar-refractivity contribution is -0.139. The molecule has 0 aliphatic heterocycles. The first kappa shape index (κ1) is 32.3. The lowest BCUT2D eigenvalue weighted by atomic mass is 9.86. The normalized spacial score (nSPS) is 12.0. The lowest BCUT2D eigenvalue weighted by Gasteiger charge is -2.19. The summed E-state index contributed by atoms with van der Waals surface area (Å²) in [6.45, 7) is 9.21. The predicted molar refractivity (Wildman–Crippen MR) is 173 cm³/mol. The monoisotopic (exact) mass is 594 g/mol. The summed E-state index contributed by atoms with van der Waals surface area (Å²) in [5, 5.41) is 21.1. The molecule has 0 spiro atoms. The average Bonchev–Trinajstić information content (AvgIpc) is 3.03. The van der Waals surface area contributed by atoms with E-state index in [4.69, 9.17) is 4.74 Å². The summed E-state index contributed by atoms with van der Waals surface area (Å²) in [6.07, 6.45) is 7.82. The molecular formula is C36H42N4O4. The third-order valence-electron chi connectivity index (χ3n) is 7.50. The first-order valence-electron chi connectivity index (χ1n) is 15.3. The van der Waals surface area contributed by atoms with Crippen molar-refractivity contribution in [3.63, 3.8) is 0 Å². The van der Waals surface area contributed by atoms with E-state index >= 15 is 0 Å². The summed E-state index contributed by atoms with van der Waals surface area (Å²) >= 11 is 0. The number of carboxylic acids is 1. The van der Waals surface area contributed by atoms with Gasteiger partial charge >= 0.3 is 5.97 Å². The number of hydrogen-bond donors (Lipinski definition) is 2. The number of carboxylic acid groups (broad SMARTS) is 1. The smallest absolute Gasteiger partial charge is 0.326 e. The highest BCUT2D eigenvalue weighted by Crippen LogP contribution is 2.23. The van der Waals surface area contributed by atoms with Crippen LogP contribution in [-0.4, -0.2) is 44.8 Å². The zero-order valence-corrected chi connectivity index (χ0v) is 26.0. The molecule has 4 aromatic rings. The second-order valence-electron chi connectivity index (χ2n) is 12.0. The third kappa shape index (κ3) is 9.20. The van der Waals surface area contributed by atoms with Crippen molar-refractivity contribution in [3.8, 4) is 28.4 Å². The van der Waals surface area contributed by atoms with Gasteiger partial charge < -0.3 is 15.2 Å². The minimum Gasteiger partial charge on any atom is -0.494 e. The molecule has 0 fully saturated rings. The third-order valence-corrected chi connectivity index (χ3v) is 7.50. The molecule has 3 aromatic carbocycles. The molecule has 0 radical (unpaired) electrons. The number of hydrogen-bond acceptors (Lipinski definition) is 6. The van der Waals surface area contributed by atoms with Crippen LogP contribution in [0.2, 0.25) is 0 Å². The number of nitrogens with one attached hydrogen (secondary N) is 1. The Morgan fingerprint density at radius 3 is 2.09 bits per heavy atom. The van der Waals surface area contributed by atoms with Crippen molar-refractivity contribution in [1.29, 1.82) is 0 Å². The van der Waals surface area contributed by atoms with E-state index in [0.717, 1.165) is 34.4 Å². The number of aliphatic carboxylic acids is 1. The standard InChI is InChI=1S/C36H42N4O4/c1-5-6-7-8-9-22-44-30-20-16-27(17-21-30)33-37-24-32(39-40-33)26-12-10-25(11-13-26)23-31(35(42)43)38-34(41)28-14-18-29(19-15-28)36(2,3)4/h10-21,24,31H,5-9,22-23H2,1-4H3,(H,38,41)(H,42,43). The quantitative estimate of drug-likeness (QED) is 0.148. The summed E-state index contributed by atoms with van der Waals surface area (Å²) < 4.78 is 5.84. The zero-order valence-electron chi connectivity index (χ0n) is 26.0. The number of rotatable bonds is 14. The molecule has 1 atom stereocenters. The fraction of sp³-hybridized carbons (Fsp3) is 0.361. The van der Waals surface area contributed by atoms with Crippen molar-refractivity contribution in [3.05, 3.63) is 95.7 Å². The number of amides is 1. The summed E-state index contributed by atoms with van der Waals surface area (Å²) in [5.41, 5.74) is 4.51. The van der Waals surface area contributed by atoms with Crippen LogP contribution in [0.25, 0.3) is 22.6 Å². The fourth-order valence-electron chi connectivity index (χ4n) is 4.75. The van der Waals surface area contributed by atoms with Crippen molar-refractivity contribution in [2.75, 3.05) is 6.61 Å². The van der Waals surface area contributed by atoms with Gasteiger partial charge in [0.2, 0.25) is 0 Å². The molecule has 1 heterocycles. The maximum Gasteiger partial charge on any atom is 0.326 e. The maximum absolute atomic E-state index is 12.8. The van der Waals surface area contributed by atoms with Crippen molar-refractivity contribution in [1.82, 2.24) is 20.5 Å². The molecule has 8 nitrogen and oxygen atoms in total. The Bertz CT molecular complexity index is 1490. The SMILES string of the molecule is CCCCCCCOc1ccc(-c2ncc(-c3ccc(CC(NC(=O)c4ccc(C(C)(C)C)cc4)C(=O)O)cc3)nn2)cc1. The molecule has 4 rings (SSSR count). The molecule has 2 N–H and O–H groups in total. The van der Waals surface area contributed by atoms with Crippen LogP contribution in [0.3, 0.4) is 0 Å². The van der Waals surface area contributed by atoms with E-state index < -0.39 is 17.9 Å². The van der Waals surface area contributed by atoms with Crippen LogP contribution >= 0.6 is 0 Å². The van der Waals surface area contributed by atoms with E-state index in [1.54, 1.807) is 18.3 Å². The Morgan fingerprint density at radius 2 is 1.50 bits per heavy atom. The van der Waals surface area contributed by atoms with Gasteiger partial charge in [0, 0.05) is 23.1 Å². The van der Waals surface area contributed by atoms with Crippen LogP contribution in [0.4, 0.5) is 0 Å². The van der Waals surface area contributed by atoms with E-state index in [1.165, 1.54) is 25.7 Å². The van der Waals surface area contributed by atoms with Crippen molar-refractivity contribution in [2.24, 2.45) is 0 Å². The highest BCUT2D eigenvalue weighted by molar-refractivity contribution is 5.96. The molecule has 0 bridgehead atoms. The van der Waals surface area contributed by atoms with E-state index in [0.29, 0.717) is 23.7 Å². The molecule has 44 heavy (non-hydrogen) atoms. The predicted octanol–water partition coefficient (Wildman–Crippen LogP) is 7.28. The molecule has 0 saturated carbocycles. The fourth-order valence-corrected chi connectivity index (χ4v) is 4.75. The first-order valence-corrected chi connectivity index (χ1v) is 15.3. The van der Waals surface area contributed by atoms with Gasteiger partial charge in [0.05, 0.1) is 12.8 Å². The van der Waals surface area contributed by atoms with Gasteiger partial charge in [-0.15, -0.1) is 10.2 Å². The Morgan fingerprint density at radius 1 is 0.841 bits per heavy atom. The van der Waals surface area contributed by atoms with E-state index in [2.05, 4.69) is 48.2 Å². The molecule has 8 heteroatoms. The van der Waals surface area contributed by atoms with Gasteiger partial charge in [-0.1, -0.05) is 89.8 Å². The maximum atomic E-state index is 12.8. The van der Waals surface area contributed by atoms with E-state index in [9.17, 15) is 14.7 Å². The number of unbranched alkanes of at least 4 members (excludes halogenated alkanes) is 4. The van der Waals surface area contributed by atoms with E-state index in [1.807, 2.05) is 60.7 Å². The number of nitrogens with zero attached hydrogens (tertiary/aromatic N) is 3. The molecule has 1 amide bonds. The second-order valence-corrected chi connectivity index (χ2v) is 12.0. The minimum atomic E-state index is -1.10. The Hall–Kier alpha value is -4.59. The van der Waals surface area contributed by atoms with Crippen LogP contribution in [0.15, 0.2) is 79.0 Å². The van der Waals surface area contributed by atoms with Crippen LogP contribution in [0.5, 0.6) is 5.75 Å². The first-order chi connectivity index (χ1) is 21.1. The van der Waals surface area contributed by atoms with E-state index in [-0.39, 0.29) is 11.8 Å². The molecule has 0 aliphatic carbocycles. The number of benzene rings is 3. The van der Waals surface area contributed by atoms with Crippen LogP contribution in [0, 0.1) is 0 Å². The number of carbonyl (C=O) groups is 2. The van der Waals surface area contributed by atoms with Crippen molar-refractivity contribution >= 4 is 11.9 Å². The van der Waals surface area contributed by atoms with Crippen LogP contribution in [0.1, 0.15) is 81.3 Å². The van der Waals surface area contributed by atoms with Gasteiger partial charge in [-0.2, -0.15) is 0 Å². The summed E-state index contributed by atoms with van der Waals surface area (Å²) in [5.74, 6) is -0.171. The number of carbonyl (C=O) groups excluding carboxylic acids is 1. The van der Waals surface area contributed by atoms with Gasteiger partial charge in [0.15, 0.2) is 5.82 Å². The number of ether oxygens (including phenoxy) is 1. The van der Waals surface area contributed by atoms with Crippen LogP contribution in [-0.2, 0) is 16.6 Å². The average molecular weight is 595 g/mol. The molecule has 1 unspecified atom stereocenters. The minimum absolute atomic E-state index is 0.0385. The molecule has 0 aliphatic rings. The number of aromatic nitrogens is 3. The summed E-state index contributed by atoms with van der Waals surface area (Å²) in [4.78, 5) is 29.2. The van der Waals surface area contributed by atoms with Gasteiger partial charge in [-0.05, 0) is 59.4 Å². The summed E-state index contributed by atoms with van der Waals surface area (Å²) in [7, 11) is 0. The lowest BCUT2D eigenvalue weighted by Crippen LogP contribution is -2.42. The van der Waals surface area contributed by atoms with Crippen molar-refractivity contribution < 1.29 is 19.4 Å². The van der Waals surface area contributed by atoms with Gasteiger partial charge in [0.25, 0.3) is 5.91 Å². The molecule has 0 saturated heterocycles. The highest BCUT2D eigenvalue weighted by atomic mass is 16.5. The topological polar surface area (TPSA) is 114 Å². The van der Waals surface area contributed by atoms with Crippen molar-refractivity contribution in [2.45, 2.75) is 77.7 Å². The van der Waals surface area contributed by atoms with Gasteiger partial charge in [-0.3, -0.25) is 4.79 Å². The Labute approximate surface area is 259 Å². The molecule has 230 valence electrons. The van der Waals surface area contributed by atoms with Gasteiger partial charge in [-0.25, -0.2) is 9.78 Å². The Kier molecular flexibility index (Phi) is 11.2. The molecule has 1 aromatic heterocycles. The highest BCUT2D eigenvalue weighted by Gasteiger charge is 2.22. The zero-order chi connectivity index (χ0) is 31.5.